The highest BCUT2D eigenvalue weighted by Gasteiger charge is 2.26. The van der Waals surface area contributed by atoms with E-state index in [4.69, 9.17) is 11.6 Å². The Balaban J connectivity index is 1.39. The van der Waals surface area contributed by atoms with Gasteiger partial charge >= 0.3 is 6.03 Å². The maximum atomic E-state index is 13.8. The van der Waals surface area contributed by atoms with Crippen molar-refractivity contribution in [3.05, 3.63) is 104 Å². The molecule has 0 spiro atoms. The molecule has 0 atom stereocenters. The van der Waals surface area contributed by atoms with E-state index in [2.05, 4.69) is 37.2 Å². The highest BCUT2D eigenvalue weighted by atomic mass is 79.9. The van der Waals surface area contributed by atoms with Crippen molar-refractivity contribution in [3.63, 3.8) is 0 Å². The molecule has 4 aromatic rings. The quantitative estimate of drug-likeness (QED) is 0.282. The van der Waals surface area contributed by atoms with Gasteiger partial charge in [-0.25, -0.2) is 14.2 Å². The second kappa shape index (κ2) is 10.9. The molecule has 2 aromatic carbocycles. The smallest absolute Gasteiger partial charge is 0.326 e. The molecule has 1 amide bonds. The summed E-state index contributed by atoms with van der Waals surface area (Å²) in [5, 5.41) is 13.8. The van der Waals surface area contributed by atoms with Gasteiger partial charge in [-0.15, -0.1) is 0 Å². The number of aromatic nitrogens is 2. The summed E-state index contributed by atoms with van der Waals surface area (Å²) in [6.45, 7) is 2.42. The molecule has 9 heteroatoms. The first-order valence-electron chi connectivity index (χ1n) is 11.7. The van der Waals surface area contributed by atoms with Crippen LogP contribution in [0.25, 0.3) is 17.0 Å². The van der Waals surface area contributed by atoms with Crippen molar-refractivity contribution in [3.8, 4) is 6.07 Å². The van der Waals surface area contributed by atoms with Crippen molar-refractivity contribution < 1.29 is 9.18 Å². The summed E-state index contributed by atoms with van der Waals surface area (Å²) in [6, 6.07) is 16.0. The molecule has 3 heterocycles. The van der Waals surface area contributed by atoms with Crippen molar-refractivity contribution in [1.29, 1.82) is 5.26 Å². The number of fused-ring (bicyclic) bond motifs is 3. The van der Waals surface area contributed by atoms with Gasteiger partial charge in [-0.2, -0.15) is 5.26 Å². The van der Waals surface area contributed by atoms with E-state index >= 15 is 0 Å². The number of nitriles is 1. The van der Waals surface area contributed by atoms with Gasteiger partial charge in [0.05, 0.1) is 21.6 Å². The molecule has 0 bridgehead atoms. The number of hydrogen-bond acceptors (Lipinski definition) is 4. The predicted molar refractivity (Wildman–Crippen MR) is 146 cm³/mol. The number of nitrogens with one attached hydrogen (secondary N) is 1. The highest BCUT2D eigenvalue weighted by molar-refractivity contribution is 9.10. The van der Waals surface area contributed by atoms with E-state index in [0.29, 0.717) is 41.2 Å². The number of nitrogens with zero attached hydrogens (tertiary/aromatic N) is 4. The van der Waals surface area contributed by atoms with Gasteiger partial charge in [0.25, 0.3) is 0 Å². The minimum atomic E-state index is -0.292. The zero-order valence-electron chi connectivity index (χ0n) is 19.7. The SMILES string of the molecule is N#Cc1ccc2c3c(n(C(=O)NCc4ccnc(Cl)c4)c2c1)CCN(C/C=C/c1ccc(Br)c(F)c1)C3. The molecule has 0 unspecified atom stereocenters. The number of carbonyl (C=O) groups is 1. The summed E-state index contributed by atoms with van der Waals surface area (Å²) in [5.74, 6) is -0.292. The molecule has 1 N–H and O–H groups in total. The lowest BCUT2D eigenvalue weighted by Crippen LogP contribution is -2.34. The van der Waals surface area contributed by atoms with Crippen LogP contribution in [0.1, 0.15) is 27.9 Å². The summed E-state index contributed by atoms with van der Waals surface area (Å²) < 4.78 is 16.0. The molecule has 0 aliphatic carbocycles. The monoisotopic (exact) mass is 577 g/mol. The molecule has 0 fully saturated rings. The van der Waals surface area contributed by atoms with Crippen LogP contribution in [0.3, 0.4) is 0 Å². The zero-order chi connectivity index (χ0) is 25.9. The Morgan fingerprint density at radius 3 is 2.89 bits per heavy atom. The van der Waals surface area contributed by atoms with E-state index in [1.54, 1.807) is 41.1 Å². The van der Waals surface area contributed by atoms with Gasteiger partial charge < -0.3 is 5.32 Å². The van der Waals surface area contributed by atoms with Crippen LogP contribution < -0.4 is 5.32 Å². The number of hydrogen-bond donors (Lipinski definition) is 1. The van der Waals surface area contributed by atoms with Crippen LogP contribution in [0.5, 0.6) is 0 Å². The molecule has 6 nitrogen and oxygen atoms in total. The Morgan fingerprint density at radius 2 is 2.11 bits per heavy atom. The molecule has 37 heavy (non-hydrogen) atoms. The second-order valence-electron chi connectivity index (χ2n) is 8.81. The van der Waals surface area contributed by atoms with Crippen LogP contribution >= 0.6 is 27.5 Å². The van der Waals surface area contributed by atoms with E-state index in [-0.39, 0.29) is 11.8 Å². The lowest BCUT2D eigenvalue weighted by molar-refractivity contribution is 0.240. The second-order valence-corrected chi connectivity index (χ2v) is 10.1. The summed E-state index contributed by atoms with van der Waals surface area (Å²) in [5.41, 5.74) is 4.89. The number of halogens is 3. The molecule has 186 valence electrons. The third-order valence-corrected chi connectivity index (χ3v) is 7.26. The third kappa shape index (κ3) is 5.44. The van der Waals surface area contributed by atoms with Crippen LogP contribution in [-0.4, -0.2) is 33.6 Å². The minimum Gasteiger partial charge on any atom is -0.333 e. The highest BCUT2D eigenvalue weighted by Crippen LogP contribution is 2.31. The van der Waals surface area contributed by atoms with Crippen LogP contribution in [0.2, 0.25) is 5.15 Å². The number of carbonyl (C=O) groups excluding carboxylic acids is 1. The zero-order valence-corrected chi connectivity index (χ0v) is 22.1. The van der Waals surface area contributed by atoms with E-state index in [1.807, 2.05) is 24.3 Å². The molecule has 5 rings (SSSR count). The van der Waals surface area contributed by atoms with E-state index < -0.39 is 0 Å². The summed E-state index contributed by atoms with van der Waals surface area (Å²) in [7, 11) is 0. The Kier molecular flexibility index (Phi) is 7.38. The third-order valence-electron chi connectivity index (χ3n) is 6.41. The lowest BCUT2D eigenvalue weighted by atomic mass is 10.0. The van der Waals surface area contributed by atoms with Gasteiger partial charge in [0.1, 0.15) is 11.0 Å². The van der Waals surface area contributed by atoms with Crippen molar-refractivity contribution in [2.45, 2.75) is 19.5 Å². The molecule has 1 aliphatic rings. The Bertz CT molecular complexity index is 1580. The van der Waals surface area contributed by atoms with E-state index in [1.165, 1.54) is 6.07 Å². The van der Waals surface area contributed by atoms with Crippen molar-refractivity contribution >= 4 is 50.5 Å². The molecule has 2 aromatic heterocycles. The first kappa shape index (κ1) is 25.2. The van der Waals surface area contributed by atoms with Crippen molar-refractivity contribution in [1.82, 2.24) is 19.8 Å². The maximum absolute atomic E-state index is 13.8. The number of amides is 1. The molecular weight excluding hydrogens is 557 g/mol. The summed E-state index contributed by atoms with van der Waals surface area (Å²) in [6.07, 6.45) is 6.22. The van der Waals surface area contributed by atoms with E-state index in [9.17, 15) is 14.4 Å². The largest absolute Gasteiger partial charge is 0.333 e. The standard InChI is InChI=1S/C28H22BrClFN5O/c29-23-6-4-18(12-24(23)31)2-1-10-35-11-8-25-22(17-35)21-5-3-19(15-32)13-26(21)36(25)28(37)34-16-20-7-9-33-27(30)14-20/h1-7,9,12-14H,8,10-11,16-17H2,(H,34,37)/b2-1+. The maximum Gasteiger partial charge on any atom is 0.326 e. The number of rotatable bonds is 5. The summed E-state index contributed by atoms with van der Waals surface area (Å²) >= 11 is 9.15. The molecule has 0 radical (unpaired) electrons. The number of benzene rings is 2. The van der Waals surface area contributed by atoms with Gasteiger partial charge in [0.15, 0.2) is 0 Å². The van der Waals surface area contributed by atoms with Crippen LogP contribution in [0.15, 0.2) is 65.3 Å². The normalized spacial score (nSPS) is 13.6. The van der Waals surface area contributed by atoms with Gasteiger partial charge in [-0.3, -0.25) is 9.47 Å². The van der Waals surface area contributed by atoms with Crippen molar-refractivity contribution in [2.24, 2.45) is 0 Å². The lowest BCUT2D eigenvalue weighted by Gasteiger charge is -2.27. The first-order valence-corrected chi connectivity index (χ1v) is 12.9. The topological polar surface area (TPSA) is 74.0 Å². The van der Waals surface area contributed by atoms with Gasteiger partial charge in [0, 0.05) is 49.9 Å². The van der Waals surface area contributed by atoms with Crippen LogP contribution in [0, 0.1) is 17.1 Å². The first-order chi connectivity index (χ1) is 17.9. The molecule has 0 saturated carbocycles. The van der Waals surface area contributed by atoms with Gasteiger partial charge in [-0.1, -0.05) is 35.9 Å². The number of pyridine rings is 1. The fourth-order valence-electron chi connectivity index (χ4n) is 4.63. The molecule has 0 saturated heterocycles. The van der Waals surface area contributed by atoms with Crippen LogP contribution in [-0.2, 0) is 19.5 Å². The Morgan fingerprint density at radius 1 is 1.24 bits per heavy atom. The Labute approximate surface area is 227 Å². The fourth-order valence-corrected chi connectivity index (χ4v) is 5.08. The average molecular weight is 579 g/mol. The predicted octanol–water partition coefficient (Wildman–Crippen LogP) is 6.29. The molecular formula is C28H22BrClFN5O. The van der Waals surface area contributed by atoms with Crippen LogP contribution in [0.4, 0.5) is 9.18 Å². The summed E-state index contributed by atoms with van der Waals surface area (Å²) in [4.78, 5) is 19.6. The Hall–Kier alpha value is -3.51. The van der Waals surface area contributed by atoms with Gasteiger partial charge in [0.2, 0.25) is 0 Å². The van der Waals surface area contributed by atoms with E-state index in [0.717, 1.165) is 39.8 Å². The van der Waals surface area contributed by atoms with Gasteiger partial charge in [-0.05, 0) is 69.0 Å². The van der Waals surface area contributed by atoms with Crippen molar-refractivity contribution in [2.75, 3.05) is 13.1 Å². The fraction of sp³-hybridized carbons (Fsp3) is 0.179. The average Bonchev–Trinajstić information content (AvgIpc) is 3.22. The minimum absolute atomic E-state index is 0.250. The molecule has 1 aliphatic heterocycles.